The fourth-order valence-electron chi connectivity index (χ4n) is 3.81. The van der Waals surface area contributed by atoms with E-state index in [4.69, 9.17) is 4.74 Å². The Morgan fingerprint density at radius 1 is 1.19 bits per heavy atom. The molecule has 0 bridgehead atoms. The number of aromatic nitrogens is 2. The molecule has 1 atom stereocenters. The van der Waals surface area contributed by atoms with Gasteiger partial charge in [-0.1, -0.05) is 18.2 Å². The van der Waals surface area contributed by atoms with Gasteiger partial charge in [0, 0.05) is 43.5 Å². The van der Waals surface area contributed by atoms with Crippen LogP contribution in [0.4, 0.5) is 0 Å². The van der Waals surface area contributed by atoms with Crippen LogP contribution in [-0.2, 0) is 4.74 Å². The third-order valence-electron chi connectivity index (χ3n) is 5.14. The quantitative estimate of drug-likeness (QED) is 0.709. The summed E-state index contributed by atoms with van der Waals surface area (Å²) in [5, 5.41) is 1.06. The third-order valence-corrected chi connectivity index (χ3v) is 5.14. The van der Waals surface area contributed by atoms with E-state index in [1.807, 2.05) is 47.4 Å². The van der Waals surface area contributed by atoms with Gasteiger partial charge in [-0.05, 0) is 43.0 Å². The summed E-state index contributed by atoms with van der Waals surface area (Å²) in [6.07, 6.45) is 5.61. The maximum absolute atomic E-state index is 12.8. The van der Waals surface area contributed by atoms with E-state index in [1.165, 1.54) is 0 Å². The van der Waals surface area contributed by atoms with E-state index in [1.54, 1.807) is 19.5 Å². The molecular formula is C22H23N3O2. The topological polar surface area (TPSA) is 55.3 Å². The number of likely N-dealkylation sites (tertiary alicyclic amines) is 1. The van der Waals surface area contributed by atoms with Crippen LogP contribution in [0, 0.1) is 5.92 Å². The molecule has 1 unspecified atom stereocenters. The largest absolute Gasteiger partial charge is 0.384 e. The van der Waals surface area contributed by atoms with Gasteiger partial charge >= 0.3 is 0 Å². The van der Waals surface area contributed by atoms with E-state index >= 15 is 0 Å². The number of piperidine rings is 1. The molecule has 3 aromatic rings. The lowest BCUT2D eigenvalue weighted by Crippen LogP contribution is -2.41. The molecule has 1 amide bonds. The van der Waals surface area contributed by atoms with Crippen molar-refractivity contribution in [1.29, 1.82) is 0 Å². The Morgan fingerprint density at radius 3 is 2.93 bits per heavy atom. The van der Waals surface area contributed by atoms with E-state index in [0.717, 1.165) is 48.1 Å². The molecule has 1 fully saturated rings. The lowest BCUT2D eigenvalue weighted by atomic mass is 9.98. The van der Waals surface area contributed by atoms with Gasteiger partial charge in [0.15, 0.2) is 0 Å². The molecule has 3 heterocycles. The predicted octanol–water partition coefficient (Wildman–Crippen LogP) is 3.80. The molecule has 1 saturated heterocycles. The van der Waals surface area contributed by atoms with Gasteiger partial charge < -0.3 is 9.64 Å². The number of benzene rings is 1. The van der Waals surface area contributed by atoms with Gasteiger partial charge in [-0.2, -0.15) is 0 Å². The Kier molecular flexibility index (Phi) is 5.12. The van der Waals surface area contributed by atoms with Crippen LogP contribution in [0.2, 0.25) is 0 Å². The summed E-state index contributed by atoms with van der Waals surface area (Å²) in [6.45, 7) is 2.26. The fraction of sp³-hybridized carbons (Fsp3) is 0.318. The van der Waals surface area contributed by atoms with Crippen LogP contribution >= 0.6 is 0 Å². The van der Waals surface area contributed by atoms with Gasteiger partial charge in [-0.3, -0.25) is 14.8 Å². The van der Waals surface area contributed by atoms with Crippen molar-refractivity contribution < 1.29 is 9.53 Å². The molecular weight excluding hydrogens is 338 g/mol. The number of amides is 1. The zero-order chi connectivity index (χ0) is 18.6. The molecule has 5 nitrogen and oxygen atoms in total. The third kappa shape index (κ3) is 3.69. The molecule has 0 spiro atoms. The summed E-state index contributed by atoms with van der Waals surface area (Å²) in [6, 6.07) is 13.8. The molecule has 1 aliphatic heterocycles. The van der Waals surface area contributed by atoms with Crippen LogP contribution in [0.5, 0.6) is 0 Å². The average molecular weight is 361 g/mol. The summed E-state index contributed by atoms with van der Waals surface area (Å²) in [5.74, 6) is 0.470. The Balaban J connectivity index is 1.56. The maximum atomic E-state index is 12.8. The van der Waals surface area contributed by atoms with Crippen molar-refractivity contribution in [3.05, 3.63) is 60.4 Å². The Bertz CT molecular complexity index is 932. The van der Waals surface area contributed by atoms with Crippen molar-refractivity contribution >= 4 is 16.8 Å². The second-order valence-electron chi connectivity index (χ2n) is 7.02. The summed E-state index contributed by atoms with van der Waals surface area (Å²) < 4.78 is 5.26. The number of methoxy groups -OCH3 is 1. The van der Waals surface area contributed by atoms with Gasteiger partial charge in [0.1, 0.15) is 0 Å². The fourth-order valence-corrected chi connectivity index (χ4v) is 3.81. The second kappa shape index (κ2) is 7.84. The molecule has 0 radical (unpaired) electrons. The van der Waals surface area contributed by atoms with E-state index in [9.17, 15) is 4.79 Å². The highest BCUT2D eigenvalue weighted by molar-refractivity contribution is 5.96. The van der Waals surface area contributed by atoms with Crippen LogP contribution in [0.15, 0.2) is 54.9 Å². The minimum absolute atomic E-state index is 0.0504. The highest BCUT2D eigenvalue weighted by Crippen LogP contribution is 2.26. The number of rotatable bonds is 4. The lowest BCUT2D eigenvalue weighted by molar-refractivity contribution is 0.0570. The zero-order valence-corrected chi connectivity index (χ0v) is 15.5. The number of carbonyl (C=O) groups is 1. The molecule has 4 rings (SSSR count). The number of hydrogen-bond acceptors (Lipinski definition) is 4. The lowest BCUT2D eigenvalue weighted by Gasteiger charge is -2.32. The number of ether oxygens (including phenoxy) is 1. The smallest absolute Gasteiger partial charge is 0.255 e. The first kappa shape index (κ1) is 17.6. The van der Waals surface area contributed by atoms with E-state index in [2.05, 4.69) is 9.97 Å². The minimum atomic E-state index is 0.0504. The highest BCUT2D eigenvalue weighted by Gasteiger charge is 2.24. The van der Waals surface area contributed by atoms with Gasteiger partial charge in [0.05, 0.1) is 23.4 Å². The number of nitrogens with zero attached hydrogens (tertiary/aromatic N) is 3. The number of hydrogen-bond donors (Lipinski definition) is 0. The highest BCUT2D eigenvalue weighted by atomic mass is 16.5. The van der Waals surface area contributed by atoms with Gasteiger partial charge in [-0.25, -0.2) is 0 Å². The van der Waals surface area contributed by atoms with E-state index in [0.29, 0.717) is 18.1 Å². The van der Waals surface area contributed by atoms with Gasteiger partial charge in [0.25, 0.3) is 5.91 Å². The van der Waals surface area contributed by atoms with Crippen molar-refractivity contribution in [2.24, 2.45) is 5.92 Å². The number of fused-ring (bicyclic) bond motifs is 1. The van der Waals surface area contributed by atoms with Crippen molar-refractivity contribution in [2.75, 3.05) is 26.8 Å². The average Bonchev–Trinajstić information content (AvgIpc) is 2.73. The van der Waals surface area contributed by atoms with Crippen LogP contribution in [0.3, 0.4) is 0 Å². The summed E-state index contributed by atoms with van der Waals surface area (Å²) >= 11 is 0. The first-order valence-corrected chi connectivity index (χ1v) is 9.34. The minimum Gasteiger partial charge on any atom is -0.384 e. The molecule has 2 aromatic heterocycles. The normalized spacial score (nSPS) is 17.2. The first-order valence-electron chi connectivity index (χ1n) is 9.34. The molecule has 27 heavy (non-hydrogen) atoms. The Morgan fingerprint density at radius 2 is 2.11 bits per heavy atom. The predicted molar refractivity (Wildman–Crippen MR) is 105 cm³/mol. The standard InChI is InChI=1S/C22H23N3O2/c1-27-15-16-5-4-12-25(14-16)22(26)17-9-10-21(24-13-17)18-6-2-8-20-19(18)7-3-11-23-20/h2-3,6-11,13,16H,4-5,12,14-15H2,1H3. The number of carbonyl (C=O) groups excluding carboxylic acids is 1. The van der Waals surface area contributed by atoms with Crippen LogP contribution in [0.1, 0.15) is 23.2 Å². The number of pyridine rings is 2. The molecule has 0 aliphatic carbocycles. The summed E-state index contributed by atoms with van der Waals surface area (Å²) in [4.78, 5) is 23.7. The first-order chi connectivity index (χ1) is 13.3. The summed E-state index contributed by atoms with van der Waals surface area (Å²) in [5.41, 5.74) is 3.45. The monoisotopic (exact) mass is 361 g/mol. The molecule has 1 aromatic carbocycles. The maximum Gasteiger partial charge on any atom is 0.255 e. The molecule has 0 saturated carbocycles. The molecule has 0 N–H and O–H groups in total. The van der Waals surface area contributed by atoms with Crippen LogP contribution in [0.25, 0.3) is 22.2 Å². The molecule has 138 valence electrons. The van der Waals surface area contributed by atoms with Gasteiger partial charge in [0.2, 0.25) is 0 Å². The molecule has 1 aliphatic rings. The van der Waals surface area contributed by atoms with Crippen molar-refractivity contribution in [2.45, 2.75) is 12.8 Å². The van der Waals surface area contributed by atoms with Crippen molar-refractivity contribution in [1.82, 2.24) is 14.9 Å². The SMILES string of the molecule is COCC1CCCN(C(=O)c2ccc(-c3cccc4ncccc34)nc2)C1. The van der Waals surface area contributed by atoms with Crippen molar-refractivity contribution in [3.63, 3.8) is 0 Å². The Labute approximate surface area is 159 Å². The zero-order valence-electron chi connectivity index (χ0n) is 15.5. The van der Waals surface area contributed by atoms with E-state index < -0.39 is 0 Å². The molecule has 5 heteroatoms. The van der Waals surface area contributed by atoms with Gasteiger partial charge in [-0.15, -0.1) is 0 Å². The van der Waals surface area contributed by atoms with Crippen molar-refractivity contribution in [3.8, 4) is 11.3 Å². The second-order valence-corrected chi connectivity index (χ2v) is 7.02. The summed E-state index contributed by atoms with van der Waals surface area (Å²) in [7, 11) is 1.71. The van der Waals surface area contributed by atoms with Crippen LogP contribution < -0.4 is 0 Å². The Hall–Kier alpha value is -2.79. The van der Waals surface area contributed by atoms with E-state index in [-0.39, 0.29) is 5.91 Å². The van der Waals surface area contributed by atoms with Crippen LogP contribution in [-0.4, -0.2) is 47.6 Å².